The van der Waals surface area contributed by atoms with Crippen molar-refractivity contribution in [3.63, 3.8) is 0 Å². The van der Waals surface area contributed by atoms with Crippen LogP contribution in [0.15, 0.2) is 91.1 Å². The van der Waals surface area contributed by atoms with E-state index in [0.29, 0.717) is 13.1 Å². The number of nitrogens with zero attached hydrogens (tertiary/aromatic N) is 4. The summed E-state index contributed by atoms with van der Waals surface area (Å²) in [5.41, 5.74) is 11.3. The lowest BCUT2D eigenvalue weighted by atomic mass is 9.86. The first-order chi connectivity index (χ1) is 20.2. The van der Waals surface area contributed by atoms with Gasteiger partial charge in [0.2, 0.25) is 0 Å². The highest BCUT2D eigenvalue weighted by Gasteiger charge is 2.25. The van der Waals surface area contributed by atoms with Crippen LogP contribution in [0.25, 0.3) is 28.0 Å². The molecule has 1 saturated heterocycles. The molecule has 0 atom stereocenters. The maximum absolute atomic E-state index is 13.3. The number of hydrogen-bond acceptors (Lipinski definition) is 3. The highest BCUT2D eigenvalue weighted by atomic mass is 16.2. The highest BCUT2D eigenvalue weighted by Crippen LogP contribution is 2.30. The van der Waals surface area contributed by atoms with Gasteiger partial charge in [-0.05, 0) is 65.8 Å². The summed E-state index contributed by atoms with van der Waals surface area (Å²) in [5, 5.41) is 0. The normalized spacial score (nSPS) is 14.5. The first kappa shape index (κ1) is 27.9. The van der Waals surface area contributed by atoms with E-state index >= 15 is 0 Å². The van der Waals surface area contributed by atoms with Gasteiger partial charge in [-0.25, -0.2) is 4.98 Å². The van der Waals surface area contributed by atoms with Crippen LogP contribution < -0.4 is 0 Å². The molecule has 0 aliphatic carbocycles. The number of benzene rings is 3. The van der Waals surface area contributed by atoms with Crippen molar-refractivity contribution in [1.29, 1.82) is 0 Å². The minimum Gasteiger partial charge on any atom is -0.336 e. The van der Waals surface area contributed by atoms with E-state index in [1.807, 2.05) is 23.1 Å². The van der Waals surface area contributed by atoms with E-state index in [-0.39, 0.29) is 11.3 Å². The van der Waals surface area contributed by atoms with Gasteiger partial charge >= 0.3 is 0 Å². The summed E-state index contributed by atoms with van der Waals surface area (Å²) in [6.07, 6.45) is 2.24. The predicted molar refractivity (Wildman–Crippen MR) is 172 cm³/mol. The number of hydrogen-bond donors (Lipinski definition) is 0. The summed E-state index contributed by atoms with van der Waals surface area (Å²) >= 11 is 0. The van der Waals surface area contributed by atoms with E-state index in [1.54, 1.807) is 0 Å². The summed E-state index contributed by atoms with van der Waals surface area (Å²) in [6.45, 7) is 14.7. The molecule has 0 unspecified atom stereocenters. The van der Waals surface area contributed by atoms with Crippen LogP contribution >= 0.6 is 0 Å². The van der Waals surface area contributed by atoms with E-state index in [1.165, 1.54) is 33.5 Å². The summed E-state index contributed by atoms with van der Waals surface area (Å²) in [6, 6.07) is 29.5. The SMILES string of the molecule is Cc1ccc(C)c(-c2ccc3nc(-c4ccccc4)c(CN4CCN(C(=O)c5ccc(C(C)(C)C)cc5)CC4)n3c2)c1. The summed E-state index contributed by atoms with van der Waals surface area (Å²) in [5.74, 6) is 0.119. The van der Waals surface area contributed by atoms with Crippen LogP contribution in [-0.4, -0.2) is 51.3 Å². The van der Waals surface area contributed by atoms with Crippen LogP contribution in [-0.2, 0) is 12.0 Å². The second kappa shape index (κ2) is 11.2. The lowest BCUT2D eigenvalue weighted by molar-refractivity contribution is 0.0627. The third-order valence-electron chi connectivity index (χ3n) is 8.50. The Balaban J connectivity index is 1.26. The quantitative estimate of drug-likeness (QED) is 0.225. The Kier molecular flexibility index (Phi) is 7.46. The number of rotatable bonds is 5. The minimum absolute atomic E-state index is 0.0727. The van der Waals surface area contributed by atoms with E-state index in [9.17, 15) is 4.79 Å². The molecule has 214 valence electrons. The number of pyridine rings is 1. The second-order valence-corrected chi connectivity index (χ2v) is 12.6. The third-order valence-corrected chi connectivity index (χ3v) is 8.50. The van der Waals surface area contributed by atoms with E-state index < -0.39 is 0 Å². The van der Waals surface area contributed by atoms with Gasteiger partial charge < -0.3 is 9.30 Å². The molecule has 42 heavy (non-hydrogen) atoms. The average Bonchev–Trinajstić information content (AvgIpc) is 3.36. The van der Waals surface area contributed by atoms with E-state index in [0.717, 1.165) is 42.1 Å². The predicted octanol–water partition coefficient (Wildman–Crippen LogP) is 7.54. The lowest BCUT2D eigenvalue weighted by Gasteiger charge is -2.35. The van der Waals surface area contributed by atoms with Gasteiger partial charge in [-0.1, -0.05) is 87.0 Å². The van der Waals surface area contributed by atoms with Gasteiger partial charge in [-0.15, -0.1) is 0 Å². The van der Waals surface area contributed by atoms with E-state index in [2.05, 4.69) is 117 Å². The number of fused-ring (bicyclic) bond motifs is 1. The van der Waals surface area contributed by atoms with Crippen LogP contribution in [0.3, 0.4) is 0 Å². The molecular formula is C37H40N4O. The number of aromatic nitrogens is 2. The average molecular weight is 557 g/mol. The van der Waals surface area contributed by atoms with Crippen molar-refractivity contribution in [3.05, 3.63) is 119 Å². The maximum Gasteiger partial charge on any atom is 0.253 e. The zero-order valence-corrected chi connectivity index (χ0v) is 25.4. The number of amides is 1. The fourth-order valence-corrected chi connectivity index (χ4v) is 5.89. The molecule has 5 aromatic rings. The summed E-state index contributed by atoms with van der Waals surface area (Å²) in [4.78, 5) is 22.9. The van der Waals surface area contributed by atoms with Gasteiger partial charge in [0.25, 0.3) is 5.91 Å². The molecule has 6 rings (SSSR count). The van der Waals surface area contributed by atoms with Crippen molar-refractivity contribution in [3.8, 4) is 22.4 Å². The molecule has 0 radical (unpaired) electrons. The summed E-state index contributed by atoms with van der Waals surface area (Å²) in [7, 11) is 0. The first-order valence-corrected chi connectivity index (χ1v) is 14.9. The van der Waals surface area contributed by atoms with Crippen molar-refractivity contribution in [2.45, 2.75) is 46.6 Å². The highest BCUT2D eigenvalue weighted by molar-refractivity contribution is 5.94. The standard InChI is InChI=1S/C37H40N4O/c1-26-11-12-27(2)32(23-26)30-15-18-34-38-35(28-9-7-6-8-10-28)33(41(34)24-30)25-39-19-21-40(22-20-39)36(42)29-13-16-31(17-14-29)37(3,4)5/h6-18,23-24H,19-22,25H2,1-5H3. The molecule has 0 N–H and O–H groups in total. The molecule has 2 aromatic heterocycles. The van der Waals surface area contributed by atoms with Gasteiger partial charge in [-0.3, -0.25) is 9.69 Å². The van der Waals surface area contributed by atoms with Gasteiger partial charge in [0, 0.05) is 50.0 Å². The van der Waals surface area contributed by atoms with Crippen LogP contribution in [0.2, 0.25) is 0 Å². The van der Waals surface area contributed by atoms with Crippen molar-refractivity contribution in [2.75, 3.05) is 26.2 Å². The molecule has 3 heterocycles. The molecular weight excluding hydrogens is 516 g/mol. The second-order valence-electron chi connectivity index (χ2n) is 12.6. The molecule has 1 fully saturated rings. The van der Waals surface area contributed by atoms with Crippen LogP contribution in [0.4, 0.5) is 0 Å². The van der Waals surface area contributed by atoms with Gasteiger partial charge in [0.15, 0.2) is 0 Å². The Morgan fingerprint density at radius 2 is 1.52 bits per heavy atom. The Labute approximate surface area is 249 Å². The lowest BCUT2D eigenvalue weighted by Crippen LogP contribution is -2.48. The molecule has 0 spiro atoms. The minimum atomic E-state index is 0.0727. The topological polar surface area (TPSA) is 40.9 Å². The van der Waals surface area contributed by atoms with Crippen LogP contribution in [0, 0.1) is 13.8 Å². The van der Waals surface area contributed by atoms with Gasteiger partial charge in [-0.2, -0.15) is 0 Å². The molecule has 5 heteroatoms. The smallest absolute Gasteiger partial charge is 0.253 e. The number of piperazine rings is 1. The molecule has 5 nitrogen and oxygen atoms in total. The van der Waals surface area contributed by atoms with E-state index in [4.69, 9.17) is 4.98 Å². The van der Waals surface area contributed by atoms with Gasteiger partial charge in [0.05, 0.1) is 11.4 Å². The van der Waals surface area contributed by atoms with Crippen LogP contribution in [0.5, 0.6) is 0 Å². The fourth-order valence-electron chi connectivity index (χ4n) is 5.89. The monoisotopic (exact) mass is 556 g/mol. The maximum atomic E-state index is 13.3. The zero-order chi connectivity index (χ0) is 29.4. The molecule has 1 aliphatic heterocycles. The largest absolute Gasteiger partial charge is 0.336 e. The number of aryl methyl sites for hydroxylation is 2. The summed E-state index contributed by atoms with van der Waals surface area (Å²) < 4.78 is 2.27. The first-order valence-electron chi connectivity index (χ1n) is 14.9. The van der Waals surface area contributed by atoms with Crippen LogP contribution in [0.1, 0.15) is 53.5 Å². The Bertz CT molecular complexity index is 1720. The van der Waals surface area contributed by atoms with Crippen molar-refractivity contribution < 1.29 is 4.79 Å². The Hall–Kier alpha value is -4.22. The van der Waals surface area contributed by atoms with Crippen molar-refractivity contribution in [1.82, 2.24) is 19.2 Å². The molecule has 3 aromatic carbocycles. The molecule has 1 amide bonds. The molecule has 0 bridgehead atoms. The fraction of sp³-hybridized carbons (Fsp3) is 0.297. The molecule has 0 saturated carbocycles. The molecule has 1 aliphatic rings. The van der Waals surface area contributed by atoms with Crippen molar-refractivity contribution in [2.24, 2.45) is 0 Å². The van der Waals surface area contributed by atoms with Crippen molar-refractivity contribution >= 4 is 11.6 Å². The number of imidazole rings is 1. The zero-order valence-electron chi connectivity index (χ0n) is 25.4. The third kappa shape index (κ3) is 5.62. The number of carbonyl (C=O) groups excluding carboxylic acids is 1. The Morgan fingerprint density at radius 1 is 0.810 bits per heavy atom. The van der Waals surface area contributed by atoms with Gasteiger partial charge in [0.1, 0.15) is 5.65 Å². The number of carbonyl (C=O) groups is 1. The Morgan fingerprint density at radius 3 is 2.21 bits per heavy atom.